The maximum atomic E-state index is 13.8. The molecule has 6 nitrogen and oxygen atoms in total. The van der Waals surface area contributed by atoms with E-state index < -0.39 is 12.1 Å². The molecule has 2 heterocycles. The van der Waals surface area contributed by atoms with E-state index in [0.717, 1.165) is 22.6 Å². The molecule has 1 aliphatic heterocycles. The van der Waals surface area contributed by atoms with E-state index in [-0.39, 0.29) is 12.4 Å². The zero-order valence-corrected chi connectivity index (χ0v) is 13.7. The summed E-state index contributed by atoms with van der Waals surface area (Å²) in [5.41, 5.74) is 3.43. The van der Waals surface area contributed by atoms with Crippen molar-refractivity contribution in [2.24, 2.45) is 0 Å². The second kappa shape index (κ2) is 6.70. The molecule has 1 aromatic heterocycles. The molecule has 7 heteroatoms. The molecule has 0 saturated carbocycles. The number of benzene rings is 1. The van der Waals surface area contributed by atoms with Gasteiger partial charge in [0.25, 0.3) is 0 Å². The minimum atomic E-state index is -0.974. The number of hydrogen-bond donors (Lipinski definition) is 1. The summed E-state index contributed by atoms with van der Waals surface area (Å²) in [6, 6.07) is 6.56. The summed E-state index contributed by atoms with van der Waals surface area (Å²) in [5, 5.41) is 13.6. The van der Waals surface area contributed by atoms with Crippen molar-refractivity contribution >= 4 is 5.97 Å². The van der Waals surface area contributed by atoms with Crippen molar-refractivity contribution in [3.8, 4) is 5.69 Å². The number of hydrogen-bond acceptors (Lipinski definition) is 4. The predicted molar refractivity (Wildman–Crippen MR) is 85.6 cm³/mol. The Balaban J connectivity index is 1.89. The normalized spacial score (nSPS) is 18.7. The highest BCUT2D eigenvalue weighted by atomic mass is 19.1. The summed E-state index contributed by atoms with van der Waals surface area (Å²) in [5.74, 6) is -1.30. The van der Waals surface area contributed by atoms with Crippen LogP contribution in [0.3, 0.4) is 0 Å². The molecule has 2 aromatic rings. The van der Waals surface area contributed by atoms with Gasteiger partial charge in [-0.05, 0) is 43.7 Å². The van der Waals surface area contributed by atoms with Crippen LogP contribution >= 0.6 is 0 Å². The third-order valence-electron chi connectivity index (χ3n) is 4.10. The van der Waals surface area contributed by atoms with E-state index in [1.54, 1.807) is 10.7 Å². The van der Waals surface area contributed by atoms with E-state index in [1.807, 2.05) is 24.8 Å². The fourth-order valence-electron chi connectivity index (χ4n) is 3.00. The maximum Gasteiger partial charge on any atom is 0.334 e. The minimum absolute atomic E-state index is 0.280. The van der Waals surface area contributed by atoms with Gasteiger partial charge in [0.15, 0.2) is 6.10 Å². The molecule has 1 unspecified atom stereocenters. The van der Waals surface area contributed by atoms with Crippen LogP contribution in [0.15, 0.2) is 24.3 Å². The molecule has 0 spiro atoms. The van der Waals surface area contributed by atoms with Crippen molar-refractivity contribution in [3.05, 3.63) is 47.0 Å². The molecule has 0 aliphatic carbocycles. The van der Waals surface area contributed by atoms with E-state index in [0.29, 0.717) is 19.7 Å². The summed E-state index contributed by atoms with van der Waals surface area (Å²) in [6.07, 6.45) is -0.843. The van der Waals surface area contributed by atoms with Crippen molar-refractivity contribution in [1.29, 1.82) is 0 Å². The van der Waals surface area contributed by atoms with Crippen molar-refractivity contribution in [1.82, 2.24) is 14.7 Å². The van der Waals surface area contributed by atoms with Gasteiger partial charge in [-0.3, -0.25) is 4.90 Å². The van der Waals surface area contributed by atoms with Crippen molar-refractivity contribution in [2.45, 2.75) is 26.5 Å². The molecule has 1 saturated heterocycles. The van der Waals surface area contributed by atoms with Crippen LogP contribution in [0.2, 0.25) is 0 Å². The highest BCUT2D eigenvalue weighted by molar-refractivity contribution is 5.72. The Labute approximate surface area is 139 Å². The lowest BCUT2D eigenvalue weighted by atomic mass is 10.1. The number of aliphatic carboxylic acids is 1. The van der Waals surface area contributed by atoms with Crippen LogP contribution in [0.1, 0.15) is 17.0 Å². The SMILES string of the molecule is Cc1cc(C)n(-c2ccc(F)cc2CN2CCOC(C(=O)O)C2)n1. The van der Waals surface area contributed by atoms with Crippen LogP contribution in [0, 0.1) is 19.7 Å². The molecule has 0 radical (unpaired) electrons. The van der Waals surface area contributed by atoms with E-state index in [4.69, 9.17) is 9.84 Å². The highest BCUT2D eigenvalue weighted by Gasteiger charge is 2.26. The number of carboxylic acid groups (broad SMARTS) is 1. The first-order chi connectivity index (χ1) is 11.4. The van der Waals surface area contributed by atoms with E-state index >= 15 is 0 Å². The van der Waals surface area contributed by atoms with E-state index in [9.17, 15) is 9.18 Å². The Morgan fingerprint density at radius 1 is 1.42 bits per heavy atom. The first kappa shape index (κ1) is 16.6. The Hall–Kier alpha value is -2.25. The van der Waals surface area contributed by atoms with Gasteiger partial charge in [-0.2, -0.15) is 5.10 Å². The molecule has 1 aromatic carbocycles. The van der Waals surface area contributed by atoms with Gasteiger partial charge in [0.2, 0.25) is 0 Å². The number of ether oxygens (including phenoxy) is 1. The predicted octanol–water partition coefficient (Wildman–Crippen LogP) is 1.91. The molecule has 0 amide bonds. The fraction of sp³-hybridized carbons (Fsp3) is 0.412. The average Bonchev–Trinajstić information content (AvgIpc) is 2.86. The molecule has 1 atom stereocenters. The zero-order chi connectivity index (χ0) is 17.3. The Bertz CT molecular complexity index is 760. The largest absolute Gasteiger partial charge is 0.479 e. The Morgan fingerprint density at radius 2 is 2.21 bits per heavy atom. The van der Waals surface area contributed by atoms with Crippen molar-refractivity contribution in [3.63, 3.8) is 0 Å². The van der Waals surface area contributed by atoms with Gasteiger partial charge >= 0.3 is 5.97 Å². The molecule has 128 valence electrons. The van der Waals surface area contributed by atoms with E-state index in [1.165, 1.54) is 12.1 Å². The summed E-state index contributed by atoms with van der Waals surface area (Å²) in [6.45, 7) is 5.54. The van der Waals surface area contributed by atoms with Gasteiger partial charge < -0.3 is 9.84 Å². The lowest BCUT2D eigenvalue weighted by Gasteiger charge is -2.31. The number of aromatic nitrogens is 2. The molecule has 1 N–H and O–H groups in total. The number of halogens is 1. The number of rotatable bonds is 4. The number of aryl methyl sites for hydroxylation is 2. The molecular formula is C17H20FN3O3. The quantitative estimate of drug-likeness (QED) is 0.926. The fourth-order valence-corrected chi connectivity index (χ4v) is 3.00. The van der Waals surface area contributed by atoms with Crippen LogP contribution in [-0.2, 0) is 16.1 Å². The highest BCUT2D eigenvalue weighted by Crippen LogP contribution is 2.21. The summed E-state index contributed by atoms with van der Waals surface area (Å²) < 4.78 is 20.8. The van der Waals surface area contributed by atoms with Gasteiger partial charge in [0, 0.05) is 25.3 Å². The molecule has 1 fully saturated rings. The number of morpholine rings is 1. The van der Waals surface area contributed by atoms with Crippen molar-refractivity contribution in [2.75, 3.05) is 19.7 Å². The number of nitrogens with zero attached hydrogens (tertiary/aromatic N) is 3. The first-order valence-electron chi connectivity index (χ1n) is 7.83. The van der Waals surface area contributed by atoms with Crippen molar-refractivity contribution < 1.29 is 19.0 Å². The molecule has 3 rings (SSSR count). The summed E-state index contributed by atoms with van der Waals surface area (Å²) in [7, 11) is 0. The van der Waals surface area contributed by atoms with Crippen LogP contribution in [0.25, 0.3) is 5.69 Å². The van der Waals surface area contributed by atoms with Crippen LogP contribution in [0.4, 0.5) is 4.39 Å². The molecule has 1 aliphatic rings. The van der Waals surface area contributed by atoms with Gasteiger partial charge in [-0.1, -0.05) is 0 Å². The lowest BCUT2D eigenvalue weighted by Crippen LogP contribution is -2.45. The smallest absolute Gasteiger partial charge is 0.334 e. The second-order valence-corrected chi connectivity index (χ2v) is 6.04. The topological polar surface area (TPSA) is 67.6 Å². The molecule has 24 heavy (non-hydrogen) atoms. The van der Waals surface area contributed by atoms with E-state index in [2.05, 4.69) is 5.10 Å². The Morgan fingerprint density at radius 3 is 2.88 bits per heavy atom. The maximum absolute atomic E-state index is 13.8. The third kappa shape index (κ3) is 3.47. The standard InChI is InChI=1S/C17H20FN3O3/c1-11-7-12(2)21(19-11)15-4-3-14(18)8-13(15)9-20-5-6-24-16(10-20)17(22)23/h3-4,7-8,16H,5-6,9-10H2,1-2H3,(H,22,23). The van der Waals surface area contributed by atoms with Gasteiger partial charge in [0.1, 0.15) is 5.82 Å². The minimum Gasteiger partial charge on any atom is -0.479 e. The summed E-state index contributed by atoms with van der Waals surface area (Å²) in [4.78, 5) is 13.1. The monoisotopic (exact) mass is 333 g/mol. The first-order valence-corrected chi connectivity index (χ1v) is 7.83. The second-order valence-electron chi connectivity index (χ2n) is 6.04. The van der Waals surface area contributed by atoms with Crippen LogP contribution < -0.4 is 0 Å². The summed E-state index contributed by atoms with van der Waals surface area (Å²) >= 11 is 0. The number of carbonyl (C=O) groups is 1. The van der Waals surface area contributed by atoms with Gasteiger partial charge in [0.05, 0.1) is 18.0 Å². The zero-order valence-electron chi connectivity index (χ0n) is 13.7. The lowest BCUT2D eigenvalue weighted by molar-refractivity contribution is -0.156. The Kier molecular flexibility index (Phi) is 4.64. The van der Waals surface area contributed by atoms with Gasteiger partial charge in [-0.25, -0.2) is 13.9 Å². The van der Waals surface area contributed by atoms with Crippen LogP contribution in [0.5, 0.6) is 0 Å². The molecule has 0 bridgehead atoms. The third-order valence-corrected chi connectivity index (χ3v) is 4.10. The van der Waals surface area contributed by atoms with Crippen LogP contribution in [-0.4, -0.2) is 51.6 Å². The van der Waals surface area contributed by atoms with Gasteiger partial charge in [-0.15, -0.1) is 0 Å². The average molecular weight is 333 g/mol. The molecular weight excluding hydrogens is 313 g/mol. The number of carboxylic acids is 1.